The molecule has 1 aromatic rings. The largest absolute Gasteiger partial charge is 0.493 e. The summed E-state index contributed by atoms with van der Waals surface area (Å²) in [6.07, 6.45) is 0. The summed E-state index contributed by atoms with van der Waals surface area (Å²) in [7, 11) is 3.25. The Balaban J connectivity index is 2.93. The molecule has 1 aromatic carbocycles. The molecule has 2 N–H and O–H groups in total. The van der Waals surface area contributed by atoms with Gasteiger partial charge in [0.1, 0.15) is 0 Å². The lowest BCUT2D eigenvalue weighted by atomic mass is 10.3. The summed E-state index contributed by atoms with van der Waals surface area (Å²) < 4.78 is 10.4. The van der Waals surface area contributed by atoms with Crippen LogP contribution in [0.15, 0.2) is 23.1 Å². The summed E-state index contributed by atoms with van der Waals surface area (Å²) in [5.74, 6) is 1.46. The van der Waals surface area contributed by atoms with Crippen LogP contribution in [0.1, 0.15) is 13.8 Å². The van der Waals surface area contributed by atoms with E-state index < -0.39 is 0 Å². The molecule has 0 spiro atoms. The van der Waals surface area contributed by atoms with Crippen LogP contribution in [0.2, 0.25) is 0 Å². The Hall–Kier alpha value is -0.870. The zero-order chi connectivity index (χ0) is 11.5. The predicted octanol–water partition coefficient (Wildman–Crippen LogP) is 2.49. The maximum absolute atomic E-state index is 5.92. The minimum absolute atomic E-state index is 0.292. The molecular formula is C11H17NO2S. The number of ether oxygens (including phenoxy) is 2. The Kier molecular flexibility index (Phi) is 3.88. The Morgan fingerprint density at radius 2 is 1.73 bits per heavy atom. The van der Waals surface area contributed by atoms with Gasteiger partial charge in [0.05, 0.1) is 19.1 Å². The number of nitrogens with two attached hydrogens (primary N) is 1. The van der Waals surface area contributed by atoms with E-state index in [9.17, 15) is 0 Å². The second-order valence-corrected chi connectivity index (χ2v) is 5.45. The van der Waals surface area contributed by atoms with Crippen LogP contribution < -0.4 is 15.2 Å². The van der Waals surface area contributed by atoms with Crippen molar-refractivity contribution in [3.8, 4) is 11.5 Å². The van der Waals surface area contributed by atoms with Crippen LogP contribution in [-0.2, 0) is 0 Å². The smallest absolute Gasteiger partial charge is 0.161 e. The van der Waals surface area contributed by atoms with Gasteiger partial charge in [-0.15, -0.1) is 11.8 Å². The van der Waals surface area contributed by atoms with Crippen molar-refractivity contribution in [2.45, 2.75) is 23.6 Å². The molecule has 0 atom stereocenters. The summed E-state index contributed by atoms with van der Waals surface area (Å²) in [5, 5.41) is 0. The van der Waals surface area contributed by atoms with Gasteiger partial charge in [-0.2, -0.15) is 0 Å². The third kappa shape index (κ3) is 3.64. The van der Waals surface area contributed by atoms with Gasteiger partial charge >= 0.3 is 0 Å². The Morgan fingerprint density at radius 3 is 2.20 bits per heavy atom. The highest BCUT2D eigenvalue weighted by atomic mass is 32.2. The van der Waals surface area contributed by atoms with E-state index in [0.29, 0.717) is 0 Å². The lowest BCUT2D eigenvalue weighted by Crippen LogP contribution is -2.26. The molecule has 0 aliphatic heterocycles. The van der Waals surface area contributed by atoms with Crippen molar-refractivity contribution in [2.75, 3.05) is 14.2 Å². The highest BCUT2D eigenvalue weighted by Crippen LogP contribution is 2.35. The normalized spacial score (nSPS) is 11.3. The first-order valence-corrected chi connectivity index (χ1v) is 5.48. The molecule has 1 rings (SSSR count). The Labute approximate surface area is 94.9 Å². The molecule has 0 aliphatic carbocycles. The summed E-state index contributed by atoms with van der Waals surface area (Å²) in [6.45, 7) is 3.93. The monoisotopic (exact) mass is 227 g/mol. The molecule has 0 amide bonds. The first-order valence-electron chi connectivity index (χ1n) is 4.66. The molecule has 0 saturated carbocycles. The van der Waals surface area contributed by atoms with Crippen LogP contribution in [0.3, 0.4) is 0 Å². The van der Waals surface area contributed by atoms with Gasteiger partial charge < -0.3 is 15.2 Å². The number of hydrogen-bond donors (Lipinski definition) is 1. The van der Waals surface area contributed by atoms with Crippen molar-refractivity contribution < 1.29 is 9.47 Å². The van der Waals surface area contributed by atoms with Crippen LogP contribution >= 0.6 is 11.8 Å². The van der Waals surface area contributed by atoms with E-state index in [1.807, 2.05) is 32.0 Å². The number of thioether (sulfide) groups is 1. The zero-order valence-corrected chi connectivity index (χ0v) is 10.4. The number of methoxy groups -OCH3 is 2. The first-order chi connectivity index (χ1) is 6.96. The first kappa shape index (κ1) is 12.2. The third-order valence-electron chi connectivity index (χ3n) is 1.74. The summed E-state index contributed by atoms with van der Waals surface area (Å²) in [4.78, 5) is 0.778. The molecule has 0 bridgehead atoms. The Bertz CT molecular complexity index is 334. The molecule has 0 heterocycles. The topological polar surface area (TPSA) is 44.5 Å². The van der Waals surface area contributed by atoms with Gasteiger partial charge in [0.25, 0.3) is 0 Å². The maximum atomic E-state index is 5.92. The minimum atomic E-state index is -0.292. The molecule has 0 unspecified atom stereocenters. The lowest BCUT2D eigenvalue weighted by molar-refractivity contribution is 0.354. The van der Waals surface area contributed by atoms with Gasteiger partial charge in [-0.3, -0.25) is 0 Å². The van der Waals surface area contributed by atoms with E-state index >= 15 is 0 Å². The number of hydrogen-bond acceptors (Lipinski definition) is 4. The third-order valence-corrected chi connectivity index (χ3v) is 2.75. The van der Waals surface area contributed by atoms with Crippen molar-refractivity contribution in [3.63, 3.8) is 0 Å². The van der Waals surface area contributed by atoms with Crippen LogP contribution in [0.4, 0.5) is 0 Å². The van der Waals surface area contributed by atoms with Crippen molar-refractivity contribution >= 4 is 11.8 Å². The van der Waals surface area contributed by atoms with E-state index in [1.165, 1.54) is 0 Å². The van der Waals surface area contributed by atoms with Crippen molar-refractivity contribution in [1.29, 1.82) is 0 Å². The van der Waals surface area contributed by atoms with Gasteiger partial charge in [-0.1, -0.05) is 0 Å². The van der Waals surface area contributed by atoms with Gasteiger partial charge in [-0.05, 0) is 32.0 Å². The quantitative estimate of drug-likeness (QED) is 0.634. The average Bonchev–Trinajstić information content (AvgIpc) is 2.15. The molecule has 15 heavy (non-hydrogen) atoms. The molecule has 84 valence electrons. The average molecular weight is 227 g/mol. The number of rotatable bonds is 4. The second-order valence-electron chi connectivity index (χ2n) is 3.72. The SMILES string of the molecule is COc1ccc(SC(C)(C)N)cc1OC. The molecular weight excluding hydrogens is 210 g/mol. The molecule has 0 radical (unpaired) electrons. The standard InChI is InChI=1S/C11H17NO2S/c1-11(2,12)15-8-5-6-9(13-3)10(7-8)14-4/h5-7H,12H2,1-4H3. The maximum Gasteiger partial charge on any atom is 0.161 e. The van der Waals surface area contributed by atoms with E-state index in [4.69, 9.17) is 15.2 Å². The summed E-state index contributed by atoms with van der Waals surface area (Å²) in [5.41, 5.74) is 5.92. The minimum Gasteiger partial charge on any atom is -0.493 e. The van der Waals surface area contributed by atoms with Gasteiger partial charge in [0, 0.05) is 4.90 Å². The van der Waals surface area contributed by atoms with Gasteiger partial charge in [-0.25, -0.2) is 0 Å². The van der Waals surface area contributed by atoms with Gasteiger partial charge in [0.15, 0.2) is 11.5 Å². The fraction of sp³-hybridized carbons (Fsp3) is 0.455. The van der Waals surface area contributed by atoms with Crippen LogP contribution in [-0.4, -0.2) is 19.1 Å². The molecule has 0 aromatic heterocycles. The van der Waals surface area contributed by atoms with Crippen molar-refractivity contribution in [1.82, 2.24) is 0 Å². The van der Waals surface area contributed by atoms with Crippen molar-refractivity contribution in [2.24, 2.45) is 5.73 Å². The van der Waals surface area contributed by atoms with E-state index in [1.54, 1.807) is 26.0 Å². The fourth-order valence-corrected chi connectivity index (χ4v) is 2.09. The van der Waals surface area contributed by atoms with E-state index in [-0.39, 0.29) is 4.87 Å². The highest BCUT2D eigenvalue weighted by molar-refractivity contribution is 8.00. The number of benzene rings is 1. The van der Waals surface area contributed by atoms with E-state index in [0.717, 1.165) is 16.4 Å². The summed E-state index contributed by atoms with van der Waals surface area (Å²) in [6, 6.07) is 5.78. The molecule has 0 aliphatic rings. The van der Waals surface area contributed by atoms with E-state index in [2.05, 4.69) is 0 Å². The lowest BCUT2D eigenvalue weighted by Gasteiger charge is -2.18. The molecule has 0 fully saturated rings. The molecule has 0 saturated heterocycles. The Morgan fingerprint density at radius 1 is 1.13 bits per heavy atom. The highest BCUT2D eigenvalue weighted by Gasteiger charge is 2.14. The van der Waals surface area contributed by atoms with Gasteiger partial charge in [0.2, 0.25) is 0 Å². The molecule has 4 heteroatoms. The fourth-order valence-electron chi connectivity index (χ4n) is 1.18. The summed E-state index contributed by atoms with van der Waals surface area (Å²) >= 11 is 1.59. The van der Waals surface area contributed by atoms with Crippen LogP contribution in [0, 0.1) is 0 Å². The predicted molar refractivity (Wildman–Crippen MR) is 63.7 cm³/mol. The van der Waals surface area contributed by atoms with Crippen LogP contribution in [0.25, 0.3) is 0 Å². The zero-order valence-electron chi connectivity index (χ0n) is 9.53. The van der Waals surface area contributed by atoms with Crippen LogP contribution in [0.5, 0.6) is 11.5 Å². The van der Waals surface area contributed by atoms with Crippen molar-refractivity contribution in [3.05, 3.63) is 18.2 Å². The second kappa shape index (κ2) is 4.77. The molecule has 3 nitrogen and oxygen atoms in total.